The molecule has 4 unspecified atom stereocenters. The Bertz CT molecular complexity index is 2880. The van der Waals surface area contributed by atoms with Gasteiger partial charge in [-0.25, -0.2) is 0 Å². The molecule has 0 saturated heterocycles. The van der Waals surface area contributed by atoms with E-state index in [2.05, 4.69) is 74.4 Å². The van der Waals surface area contributed by atoms with E-state index in [9.17, 15) is 76.7 Å². The van der Waals surface area contributed by atoms with Gasteiger partial charge in [-0.1, -0.05) is 114 Å². The van der Waals surface area contributed by atoms with E-state index >= 15 is 0 Å². The largest absolute Gasteiger partial charge is 0.353 e. The molecule has 6 amide bonds. The number of carbonyl (C=O) groups excluding carboxylic acids is 16. The third-order valence-corrected chi connectivity index (χ3v) is 16.8. The highest BCUT2D eigenvalue weighted by molar-refractivity contribution is 6.41. The molecular formula is C93H182N14O16. The molecule has 0 aromatic rings. The topological polar surface area (TPSA) is 442 Å². The maximum atomic E-state index is 12.0. The lowest BCUT2D eigenvalue weighted by atomic mass is 10.00. The van der Waals surface area contributed by atoms with Gasteiger partial charge in [0.2, 0.25) is 46.3 Å². The standard InChI is InChI=1S/2C13H24N2O2.4C11H22N2O2.2C11H21NO2.CH4/c2*1-5-6-10(15-13(2,3)4)11(16)12(17)14-9-7-8-9;4*1-6-7-8(13-11(2,3)4)9(14)10(15)12-5;2*1-6-7-9(10(14)8(2)13)12-11(3,4)5;/h2*9-10,15H,5-8H2,1-4H3,(H,14,17);4*8,13H,6-7H2,1-5H3,(H,12,15);2*9,12H,6-7H2,1-5H3;1H4/t10-;;2*8-;;;9-;;/m0.00..0../s1. The highest BCUT2D eigenvalue weighted by atomic mass is 16.2. The fourth-order valence-electron chi connectivity index (χ4n) is 11.5. The van der Waals surface area contributed by atoms with E-state index in [1.807, 2.05) is 222 Å². The van der Waals surface area contributed by atoms with Crippen LogP contribution in [0.15, 0.2) is 0 Å². The Labute approximate surface area is 745 Å². The molecule has 0 spiro atoms. The molecule has 2 aliphatic carbocycles. The molecule has 14 N–H and O–H groups in total. The minimum absolute atomic E-state index is 0. The highest BCUT2D eigenvalue weighted by Crippen LogP contribution is 2.21. The molecule has 0 heterocycles. The van der Waals surface area contributed by atoms with E-state index in [0.717, 1.165) is 89.9 Å². The van der Waals surface area contributed by atoms with Crippen LogP contribution in [0, 0.1) is 0 Å². The van der Waals surface area contributed by atoms with Gasteiger partial charge in [0.25, 0.3) is 35.4 Å². The summed E-state index contributed by atoms with van der Waals surface area (Å²) in [5, 5.41) is 40.4. The van der Waals surface area contributed by atoms with Gasteiger partial charge in [0.15, 0.2) is 11.6 Å². The molecule has 2 aliphatic rings. The van der Waals surface area contributed by atoms with Crippen molar-refractivity contribution in [2.75, 3.05) is 28.2 Å². The molecule has 123 heavy (non-hydrogen) atoms. The lowest BCUT2D eigenvalue weighted by Crippen LogP contribution is -2.52. The van der Waals surface area contributed by atoms with E-state index in [4.69, 9.17) is 0 Å². The number of hydrogen-bond acceptors (Lipinski definition) is 24. The predicted molar refractivity (Wildman–Crippen MR) is 499 cm³/mol. The van der Waals surface area contributed by atoms with Crippen LogP contribution in [0.25, 0.3) is 0 Å². The van der Waals surface area contributed by atoms with Gasteiger partial charge < -0.3 is 74.4 Å². The fourth-order valence-corrected chi connectivity index (χ4v) is 11.5. The summed E-state index contributed by atoms with van der Waals surface area (Å²) in [6.07, 6.45) is 16.6. The fraction of sp³-hybridized carbons (Fsp3) is 0.828. The number of hydrogen-bond donors (Lipinski definition) is 14. The third-order valence-electron chi connectivity index (χ3n) is 16.8. The second-order valence-electron chi connectivity index (χ2n) is 39.7. The molecule has 720 valence electrons. The summed E-state index contributed by atoms with van der Waals surface area (Å²) in [6.45, 7) is 66.4. The molecule has 0 bridgehead atoms. The summed E-state index contributed by atoms with van der Waals surface area (Å²) in [4.78, 5) is 184. The SMILES string of the molecule is C.CCCC(NC(C)(C)C)C(=O)C(=O)NC.CCCC(NC(C)(C)C)C(=O)C(=O)NC.CCCC(NC(C)(C)C)C(=O)C(=O)NC1CC1.CCCC(NC(C)(C)C)C(=O)C(C)=O.CCC[C@H](NC(C)(C)C)C(=O)C(=O)NC.CCC[C@H](NC(C)(C)C)C(=O)C(=O)NC.CCC[C@H](NC(C)(C)C)C(=O)C(=O)NC1CC1.CCC[C@H](NC(C)(C)C)C(=O)C(C)=O. The summed E-state index contributed by atoms with van der Waals surface area (Å²) in [6, 6.07) is -2.41. The number of likely N-dealkylation sites (N-methyl/N-ethyl adjacent to an activating group) is 4. The van der Waals surface area contributed by atoms with Crippen LogP contribution in [0.5, 0.6) is 0 Å². The van der Waals surface area contributed by atoms with Gasteiger partial charge in [0.05, 0.1) is 48.3 Å². The van der Waals surface area contributed by atoms with Gasteiger partial charge in [0.1, 0.15) is 0 Å². The zero-order chi connectivity index (χ0) is 97.1. The van der Waals surface area contributed by atoms with E-state index in [0.29, 0.717) is 38.5 Å². The zero-order valence-corrected chi connectivity index (χ0v) is 83.4. The Balaban J connectivity index is -0.000000250. The van der Waals surface area contributed by atoms with E-state index in [1.165, 1.54) is 42.0 Å². The summed E-state index contributed by atoms with van der Waals surface area (Å²) in [7, 11) is 5.89. The molecule has 30 nitrogen and oxygen atoms in total. The predicted octanol–water partition coefficient (Wildman–Crippen LogP) is 10.3. The number of carbonyl (C=O) groups is 16. The number of amides is 6. The summed E-state index contributed by atoms with van der Waals surface area (Å²) in [5.41, 5.74) is -1.24. The van der Waals surface area contributed by atoms with Crippen LogP contribution in [0.3, 0.4) is 0 Å². The first-order valence-electron chi connectivity index (χ1n) is 44.5. The van der Waals surface area contributed by atoms with E-state index in [1.54, 1.807) is 0 Å². The lowest BCUT2D eigenvalue weighted by Gasteiger charge is -2.27. The Kier molecular flexibility index (Phi) is 67.3. The maximum absolute atomic E-state index is 12.0. The van der Waals surface area contributed by atoms with Crippen molar-refractivity contribution < 1.29 is 76.7 Å². The van der Waals surface area contributed by atoms with Crippen molar-refractivity contribution in [2.45, 2.75) is 476 Å². The quantitative estimate of drug-likeness (QED) is 0.0253. The molecule has 2 saturated carbocycles. The zero-order valence-electron chi connectivity index (χ0n) is 83.4. The van der Waals surface area contributed by atoms with Gasteiger partial charge in [0, 0.05) is 98.4 Å². The van der Waals surface area contributed by atoms with Gasteiger partial charge in [-0.2, -0.15) is 0 Å². The van der Waals surface area contributed by atoms with Crippen molar-refractivity contribution in [1.29, 1.82) is 0 Å². The van der Waals surface area contributed by atoms with Crippen LogP contribution < -0.4 is 74.4 Å². The monoisotopic (exact) mass is 1750 g/mol. The third kappa shape index (κ3) is 72.0. The van der Waals surface area contributed by atoms with Gasteiger partial charge in [-0.3, -0.25) is 76.7 Å². The van der Waals surface area contributed by atoms with Crippen LogP contribution in [0.1, 0.15) is 371 Å². The second kappa shape index (κ2) is 64.0. The molecule has 0 radical (unpaired) electrons. The average molecular weight is 1750 g/mol. The molecule has 8 atom stereocenters. The lowest BCUT2D eigenvalue weighted by molar-refractivity contribution is -0.139. The highest BCUT2D eigenvalue weighted by Gasteiger charge is 2.36. The minimum atomic E-state index is -0.523. The number of rotatable bonds is 42. The van der Waals surface area contributed by atoms with Crippen molar-refractivity contribution in [3.63, 3.8) is 0 Å². The smallest absolute Gasteiger partial charge is 0.289 e. The number of Topliss-reactive ketones (excluding diaryl/α,β-unsaturated/α-hetero) is 10. The Morgan fingerprint density at radius 2 is 0.333 bits per heavy atom. The first kappa shape index (κ1) is 129. The normalized spacial score (nSPS) is 14.6. The Hall–Kier alpha value is -6.80. The van der Waals surface area contributed by atoms with Crippen LogP contribution in [-0.4, -0.2) is 226 Å². The minimum Gasteiger partial charge on any atom is -0.353 e. The molecule has 0 aliphatic heterocycles. The van der Waals surface area contributed by atoms with E-state index in [-0.39, 0.29) is 170 Å². The van der Waals surface area contributed by atoms with E-state index < -0.39 is 35.4 Å². The van der Waals surface area contributed by atoms with Gasteiger partial charge >= 0.3 is 0 Å². The first-order chi connectivity index (χ1) is 55.5. The molecule has 2 fully saturated rings. The van der Waals surface area contributed by atoms with Crippen LogP contribution in [-0.2, 0) is 76.7 Å². The maximum Gasteiger partial charge on any atom is 0.289 e. The van der Waals surface area contributed by atoms with Crippen LogP contribution in [0.4, 0.5) is 0 Å². The Morgan fingerprint density at radius 3 is 0.423 bits per heavy atom. The van der Waals surface area contributed by atoms with Gasteiger partial charge in [-0.15, -0.1) is 0 Å². The molecule has 0 aromatic carbocycles. The molecular weight excluding hydrogens is 1570 g/mol. The summed E-state index contributed by atoms with van der Waals surface area (Å²) < 4.78 is 0. The number of nitrogens with one attached hydrogen (secondary N) is 14. The number of ketones is 10. The molecule has 0 aromatic heterocycles. The van der Waals surface area contributed by atoms with Crippen LogP contribution >= 0.6 is 0 Å². The van der Waals surface area contributed by atoms with Crippen molar-refractivity contribution in [2.24, 2.45) is 0 Å². The summed E-state index contributed by atoms with van der Waals surface area (Å²) in [5.74, 6) is -6.45. The van der Waals surface area contributed by atoms with Gasteiger partial charge in [-0.05, 0) is 243 Å². The van der Waals surface area contributed by atoms with Crippen molar-refractivity contribution in [1.82, 2.24) is 74.4 Å². The first-order valence-corrected chi connectivity index (χ1v) is 44.5. The van der Waals surface area contributed by atoms with Crippen molar-refractivity contribution in [3.8, 4) is 0 Å². The molecule has 30 heteroatoms. The average Bonchev–Trinajstić information content (AvgIpc) is 1.77. The Morgan fingerprint density at radius 1 is 0.220 bits per heavy atom. The van der Waals surface area contributed by atoms with Crippen molar-refractivity contribution >= 4 is 93.3 Å². The van der Waals surface area contributed by atoms with Crippen molar-refractivity contribution in [3.05, 3.63) is 0 Å². The van der Waals surface area contributed by atoms with Crippen LogP contribution in [0.2, 0.25) is 0 Å². The molecule has 2 rings (SSSR count). The second-order valence-corrected chi connectivity index (χ2v) is 39.7. The summed E-state index contributed by atoms with van der Waals surface area (Å²) >= 11 is 0.